The van der Waals surface area contributed by atoms with Gasteiger partial charge < -0.3 is 0 Å². The number of sulfonamides is 1. The number of halogens is 1. The number of fused-ring (bicyclic) bond motifs is 1. The highest BCUT2D eigenvalue weighted by Crippen LogP contribution is 2.24. The SMILES string of the molecule is CCN(CC)S(=O)(=O)c1ccc(/C=C/c2nc3cc(F)ccc3s2)cc1. The van der Waals surface area contributed by atoms with Crippen LogP contribution in [-0.2, 0) is 10.0 Å². The van der Waals surface area contributed by atoms with Crippen LogP contribution in [0, 0.1) is 5.82 Å². The second-order valence-corrected chi connectivity index (χ2v) is 8.66. The van der Waals surface area contributed by atoms with Crippen LogP contribution in [0.1, 0.15) is 24.4 Å². The molecule has 0 unspecified atom stereocenters. The van der Waals surface area contributed by atoms with Crippen molar-refractivity contribution in [2.24, 2.45) is 0 Å². The number of hydrogen-bond donors (Lipinski definition) is 0. The molecule has 26 heavy (non-hydrogen) atoms. The Bertz CT molecular complexity index is 1040. The zero-order valence-corrected chi connectivity index (χ0v) is 16.1. The summed E-state index contributed by atoms with van der Waals surface area (Å²) >= 11 is 1.48. The van der Waals surface area contributed by atoms with Gasteiger partial charge in [-0.25, -0.2) is 17.8 Å². The molecule has 136 valence electrons. The zero-order chi connectivity index (χ0) is 18.7. The predicted octanol–water partition coefficient (Wildman–Crippen LogP) is 4.64. The first-order chi connectivity index (χ1) is 12.4. The van der Waals surface area contributed by atoms with Crippen LogP contribution in [0.5, 0.6) is 0 Å². The Kier molecular flexibility index (Phi) is 5.50. The van der Waals surface area contributed by atoms with E-state index in [1.165, 1.54) is 27.8 Å². The van der Waals surface area contributed by atoms with Crippen LogP contribution in [-0.4, -0.2) is 30.8 Å². The maximum Gasteiger partial charge on any atom is 0.243 e. The van der Waals surface area contributed by atoms with Gasteiger partial charge in [-0.15, -0.1) is 11.3 Å². The summed E-state index contributed by atoms with van der Waals surface area (Å²) in [6.07, 6.45) is 3.71. The Morgan fingerprint density at radius 1 is 1.08 bits per heavy atom. The summed E-state index contributed by atoms with van der Waals surface area (Å²) < 4.78 is 40.5. The number of nitrogens with zero attached hydrogens (tertiary/aromatic N) is 2. The topological polar surface area (TPSA) is 50.3 Å². The van der Waals surface area contributed by atoms with Crippen molar-refractivity contribution in [3.05, 3.63) is 58.9 Å². The van der Waals surface area contributed by atoms with Gasteiger partial charge in [0.1, 0.15) is 10.8 Å². The van der Waals surface area contributed by atoms with E-state index in [0.717, 1.165) is 15.3 Å². The molecule has 0 bridgehead atoms. The van der Waals surface area contributed by atoms with Crippen molar-refractivity contribution < 1.29 is 12.8 Å². The van der Waals surface area contributed by atoms with Gasteiger partial charge in [0.2, 0.25) is 10.0 Å². The lowest BCUT2D eigenvalue weighted by Crippen LogP contribution is -2.30. The molecule has 2 aromatic carbocycles. The minimum absolute atomic E-state index is 0.286. The Hall–Kier alpha value is -2.09. The lowest BCUT2D eigenvalue weighted by Gasteiger charge is -2.18. The molecule has 0 atom stereocenters. The number of rotatable bonds is 6. The first-order valence-electron chi connectivity index (χ1n) is 8.28. The molecule has 0 N–H and O–H groups in total. The Labute approximate surface area is 156 Å². The molecule has 3 rings (SSSR count). The highest BCUT2D eigenvalue weighted by Gasteiger charge is 2.20. The molecular weight excluding hydrogens is 371 g/mol. The Balaban J connectivity index is 1.81. The average Bonchev–Trinajstić information content (AvgIpc) is 3.03. The summed E-state index contributed by atoms with van der Waals surface area (Å²) in [4.78, 5) is 4.67. The van der Waals surface area contributed by atoms with Gasteiger partial charge in [0.05, 0.1) is 15.1 Å². The average molecular weight is 391 g/mol. The van der Waals surface area contributed by atoms with Crippen LogP contribution in [0.2, 0.25) is 0 Å². The number of aromatic nitrogens is 1. The van der Waals surface area contributed by atoms with Gasteiger partial charge in [-0.1, -0.05) is 32.1 Å². The van der Waals surface area contributed by atoms with Crippen molar-refractivity contribution in [1.29, 1.82) is 0 Å². The molecule has 0 saturated heterocycles. The van der Waals surface area contributed by atoms with Crippen LogP contribution < -0.4 is 0 Å². The Morgan fingerprint density at radius 2 is 1.77 bits per heavy atom. The summed E-state index contributed by atoms with van der Waals surface area (Å²) in [7, 11) is -3.44. The molecule has 1 heterocycles. The first-order valence-corrected chi connectivity index (χ1v) is 10.5. The normalized spacial score (nSPS) is 12.5. The fourth-order valence-corrected chi connectivity index (χ4v) is 4.93. The largest absolute Gasteiger partial charge is 0.243 e. The van der Waals surface area contributed by atoms with E-state index < -0.39 is 10.0 Å². The summed E-state index contributed by atoms with van der Waals surface area (Å²) in [6.45, 7) is 4.53. The van der Waals surface area contributed by atoms with Crippen LogP contribution in [0.25, 0.3) is 22.4 Å². The molecule has 7 heteroatoms. The van der Waals surface area contributed by atoms with Gasteiger partial charge in [0.15, 0.2) is 0 Å². The van der Waals surface area contributed by atoms with E-state index >= 15 is 0 Å². The van der Waals surface area contributed by atoms with Crippen LogP contribution >= 0.6 is 11.3 Å². The highest BCUT2D eigenvalue weighted by atomic mass is 32.2. The molecule has 3 aromatic rings. The van der Waals surface area contributed by atoms with E-state index in [4.69, 9.17) is 0 Å². The molecule has 0 aliphatic rings. The third-order valence-corrected chi connectivity index (χ3v) is 7.07. The van der Waals surface area contributed by atoms with Gasteiger partial charge >= 0.3 is 0 Å². The van der Waals surface area contributed by atoms with E-state index in [9.17, 15) is 12.8 Å². The van der Waals surface area contributed by atoms with Crippen molar-refractivity contribution in [2.45, 2.75) is 18.7 Å². The maximum atomic E-state index is 13.2. The van der Waals surface area contributed by atoms with E-state index in [1.807, 2.05) is 26.0 Å². The molecule has 0 aliphatic heterocycles. The molecular formula is C19H19FN2O2S2. The quantitative estimate of drug-likeness (QED) is 0.616. The van der Waals surface area contributed by atoms with Crippen molar-refractivity contribution in [3.8, 4) is 0 Å². The summed E-state index contributed by atoms with van der Waals surface area (Å²) in [5, 5.41) is 0.769. The molecule has 1 aromatic heterocycles. The Morgan fingerprint density at radius 3 is 2.42 bits per heavy atom. The van der Waals surface area contributed by atoms with Crippen molar-refractivity contribution in [1.82, 2.24) is 9.29 Å². The summed E-state index contributed by atoms with van der Waals surface area (Å²) in [5.74, 6) is -0.302. The maximum absolute atomic E-state index is 13.2. The number of benzene rings is 2. The molecule has 0 spiro atoms. The van der Waals surface area contributed by atoms with Gasteiger partial charge in [0, 0.05) is 19.2 Å². The van der Waals surface area contributed by atoms with Gasteiger partial charge in [-0.3, -0.25) is 0 Å². The standard InChI is InChI=1S/C19H19FN2O2S2/c1-3-22(4-2)26(23,24)16-9-5-14(6-10-16)7-12-19-21-17-13-15(20)8-11-18(17)25-19/h5-13H,3-4H2,1-2H3/b12-7+. The fourth-order valence-electron chi connectivity index (χ4n) is 2.62. The van der Waals surface area contributed by atoms with Crippen LogP contribution in [0.3, 0.4) is 0 Å². The minimum Gasteiger partial charge on any atom is -0.237 e. The second kappa shape index (κ2) is 7.65. The van der Waals surface area contributed by atoms with Crippen LogP contribution in [0.15, 0.2) is 47.4 Å². The summed E-state index contributed by atoms with van der Waals surface area (Å²) in [5.41, 5.74) is 1.50. The third-order valence-electron chi connectivity index (χ3n) is 4.01. The molecule has 0 aliphatic carbocycles. The zero-order valence-electron chi connectivity index (χ0n) is 14.5. The van der Waals surface area contributed by atoms with Crippen LogP contribution in [0.4, 0.5) is 4.39 Å². The minimum atomic E-state index is -3.44. The molecule has 0 saturated carbocycles. The molecule has 0 fully saturated rings. The lowest BCUT2D eigenvalue weighted by atomic mass is 10.2. The number of thiazole rings is 1. The fraction of sp³-hybridized carbons (Fsp3) is 0.211. The summed E-state index contributed by atoms with van der Waals surface area (Å²) in [6, 6.07) is 11.3. The predicted molar refractivity (Wildman–Crippen MR) is 105 cm³/mol. The first kappa shape index (κ1) is 18.7. The van der Waals surface area contributed by atoms with Crippen molar-refractivity contribution in [2.75, 3.05) is 13.1 Å². The number of hydrogen-bond acceptors (Lipinski definition) is 4. The van der Waals surface area contributed by atoms with Crippen molar-refractivity contribution >= 4 is 43.7 Å². The van der Waals surface area contributed by atoms with Gasteiger partial charge in [-0.2, -0.15) is 4.31 Å². The molecule has 0 amide bonds. The lowest BCUT2D eigenvalue weighted by molar-refractivity contribution is 0.445. The van der Waals surface area contributed by atoms with E-state index in [2.05, 4.69) is 4.98 Å². The van der Waals surface area contributed by atoms with E-state index in [1.54, 1.807) is 30.3 Å². The van der Waals surface area contributed by atoms with E-state index in [-0.39, 0.29) is 10.7 Å². The smallest absolute Gasteiger partial charge is 0.237 e. The van der Waals surface area contributed by atoms with Gasteiger partial charge in [-0.05, 0) is 35.9 Å². The monoisotopic (exact) mass is 390 g/mol. The van der Waals surface area contributed by atoms with Gasteiger partial charge in [0.25, 0.3) is 0 Å². The molecule has 4 nitrogen and oxygen atoms in total. The second-order valence-electron chi connectivity index (χ2n) is 5.66. The van der Waals surface area contributed by atoms with Crippen molar-refractivity contribution in [3.63, 3.8) is 0 Å². The highest BCUT2D eigenvalue weighted by molar-refractivity contribution is 7.89. The van der Waals surface area contributed by atoms with E-state index in [0.29, 0.717) is 18.6 Å². The third kappa shape index (κ3) is 3.85. The molecule has 0 radical (unpaired) electrons.